The molecular weight excluding hydrogens is 418 g/mol. The lowest BCUT2D eigenvalue weighted by Crippen LogP contribution is -2.59. The van der Waals surface area contributed by atoms with Crippen LogP contribution in [0, 0.1) is 0 Å². The van der Waals surface area contributed by atoms with Crippen LogP contribution in [0.3, 0.4) is 0 Å². The molecule has 0 amide bonds. The minimum Gasteiger partial charge on any atom is -0.726 e. The predicted molar refractivity (Wildman–Crippen MR) is 78.9 cm³/mol. The molecule has 0 spiro atoms. The van der Waals surface area contributed by atoms with Crippen molar-refractivity contribution in [2.75, 3.05) is 32.8 Å². The van der Waals surface area contributed by atoms with Gasteiger partial charge < -0.3 is 9.04 Å². The van der Waals surface area contributed by atoms with Gasteiger partial charge in [0.2, 0.25) is 10.4 Å². The van der Waals surface area contributed by atoms with Crippen LogP contribution in [0.15, 0.2) is 0 Å². The fourth-order valence-electron chi connectivity index (χ4n) is 1.96. The van der Waals surface area contributed by atoms with E-state index >= 15 is 0 Å². The summed E-state index contributed by atoms with van der Waals surface area (Å²) in [6.07, 6.45) is -5.14. The van der Waals surface area contributed by atoms with Crippen LogP contribution < -0.4 is 0 Å². The van der Waals surface area contributed by atoms with E-state index in [1.54, 1.807) is 0 Å². The fourth-order valence-corrected chi connectivity index (χ4v) is 2.25. The van der Waals surface area contributed by atoms with Gasteiger partial charge in [-0.05, 0) is 27.7 Å². The van der Waals surface area contributed by atoms with E-state index in [2.05, 4.69) is 31.9 Å². The fraction of sp³-hybridized carbons (Fsp3) is 1.00. The molecule has 0 aromatic carbocycles. The first-order valence-corrected chi connectivity index (χ1v) is 9.09. The lowest BCUT2D eigenvalue weighted by atomic mass is 10.1. The topological polar surface area (TPSA) is 66.4 Å². The highest BCUT2D eigenvalue weighted by Crippen LogP contribution is 2.48. The Hall–Kier alpha value is -0.730. The van der Waals surface area contributed by atoms with E-state index in [-0.39, 0.29) is 0 Å². The minimum atomic E-state index is -6.61. The van der Waals surface area contributed by atoms with Gasteiger partial charge in [-0.2, -0.15) is 26.3 Å². The van der Waals surface area contributed by atoms with Crippen molar-refractivity contribution >= 4 is 10.4 Å². The third-order valence-corrected chi connectivity index (χ3v) is 4.63. The molecule has 0 saturated carbocycles. The van der Waals surface area contributed by atoms with Crippen molar-refractivity contribution < 1.29 is 56.8 Å². The van der Waals surface area contributed by atoms with Crippen LogP contribution in [0.25, 0.3) is 0 Å². The van der Waals surface area contributed by atoms with E-state index in [9.17, 15) is 48.1 Å². The van der Waals surface area contributed by atoms with Crippen LogP contribution in [0.4, 0.5) is 35.1 Å². The molecule has 27 heavy (non-hydrogen) atoms. The van der Waals surface area contributed by atoms with Crippen molar-refractivity contribution in [2.45, 2.75) is 51.9 Å². The van der Waals surface area contributed by atoms with Gasteiger partial charge >= 0.3 is 24.2 Å². The molecule has 0 aliphatic rings. The summed E-state index contributed by atoms with van der Waals surface area (Å²) in [5.41, 5.74) is 0. The zero-order chi connectivity index (χ0) is 22.3. The molecule has 0 saturated heterocycles. The summed E-state index contributed by atoms with van der Waals surface area (Å²) in [6, 6.07) is 0. The van der Waals surface area contributed by atoms with Gasteiger partial charge in [0.15, 0.2) is 0 Å². The summed E-state index contributed by atoms with van der Waals surface area (Å²) in [4.78, 5) is 0. The summed E-state index contributed by atoms with van der Waals surface area (Å²) >= 11 is 0. The second-order valence-corrected chi connectivity index (χ2v) is 6.53. The van der Waals surface area contributed by atoms with E-state index < -0.39 is 41.2 Å². The van der Waals surface area contributed by atoms with Crippen LogP contribution in [0.2, 0.25) is 0 Å². The van der Waals surface area contributed by atoms with Gasteiger partial charge in [-0.1, -0.05) is 0 Å². The monoisotopic (exact) mass is 441 g/mol. The third kappa shape index (κ3) is 7.66. The zero-order valence-corrected chi connectivity index (χ0v) is 15.9. The molecule has 0 N–H and O–H groups in total. The zero-order valence-electron chi connectivity index (χ0n) is 15.1. The van der Waals surface area contributed by atoms with Crippen molar-refractivity contribution in [2.24, 2.45) is 0 Å². The lowest BCUT2D eigenvalue weighted by molar-refractivity contribution is -0.921. The maximum Gasteiger partial charge on any atom is 0.380 e. The number of hydrogen-bond acceptors (Lipinski definition) is 4. The number of alkyl halides is 8. The van der Waals surface area contributed by atoms with Crippen LogP contribution in [0.5, 0.6) is 0 Å². The smallest absolute Gasteiger partial charge is 0.380 e. The Kier molecular flexibility index (Phi) is 10.7. The largest absolute Gasteiger partial charge is 0.726 e. The highest BCUT2D eigenvalue weighted by molar-refractivity contribution is 7.80. The molecule has 166 valence electrons. The Balaban J connectivity index is 0. The standard InChI is InChI=1S/C8H20N.C5H4F8O4S/c1-5-9(6-2,7-3)8-4;6-2(7)4(10,11)5(12,13)3(8,9)1-17-18(14,15)16/h5-8H2,1-4H3;2H,1H2,(H,14,15,16)/q+1;/p-1. The molecule has 0 aromatic rings. The summed E-state index contributed by atoms with van der Waals surface area (Å²) in [5.74, 6) is -19.0. The van der Waals surface area contributed by atoms with Gasteiger partial charge in [0, 0.05) is 0 Å². The number of rotatable bonds is 10. The SMILES string of the molecule is CC[N+](CC)(CC)CC.O=S(=O)([O-])OCC(F)(F)C(F)(F)C(F)(F)C(F)F. The molecule has 0 aromatic heterocycles. The van der Waals surface area contributed by atoms with Gasteiger partial charge in [-0.25, -0.2) is 17.2 Å². The summed E-state index contributed by atoms with van der Waals surface area (Å²) in [5, 5.41) is 0. The molecule has 0 heterocycles. The van der Waals surface area contributed by atoms with E-state index in [0.29, 0.717) is 0 Å². The Morgan fingerprint density at radius 1 is 0.889 bits per heavy atom. The van der Waals surface area contributed by atoms with Crippen molar-refractivity contribution in [1.82, 2.24) is 0 Å². The second kappa shape index (κ2) is 10.2. The van der Waals surface area contributed by atoms with Gasteiger partial charge in [-0.15, -0.1) is 0 Å². The molecule has 0 aliphatic carbocycles. The Morgan fingerprint density at radius 3 is 1.41 bits per heavy atom. The number of hydrogen-bond donors (Lipinski definition) is 0. The third-order valence-electron chi connectivity index (χ3n) is 4.22. The minimum absolute atomic E-state index is 1.28. The molecule has 5 nitrogen and oxygen atoms in total. The van der Waals surface area contributed by atoms with E-state index in [1.807, 2.05) is 0 Å². The first-order valence-electron chi connectivity index (χ1n) is 7.76. The lowest BCUT2D eigenvalue weighted by Gasteiger charge is -2.34. The molecule has 0 atom stereocenters. The van der Waals surface area contributed by atoms with E-state index in [4.69, 9.17) is 0 Å². The first-order chi connectivity index (χ1) is 11.9. The van der Waals surface area contributed by atoms with Crippen LogP contribution in [0.1, 0.15) is 27.7 Å². The van der Waals surface area contributed by atoms with Crippen molar-refractivity contribution in [1.29, 1.82) is 0 Å². The summed E-state index contributed by atoms with van der Waals surface area (Å²) in [7, 11) is -5.88. The first kappa shape index (κ1) is 28.5. The molecule has 14 heteroatoms. The predicted octanol–water partition coefficient (Wildman–Crippen LogP) is 3.52. The Morgan fingerprint density at radius 2 is 1.22 bits per heavy atom. The van der Waals surface area contributed by atoms with E-state index in [1.165, 1.54) is 30.7 Å². The molecule has 0 bridgehead atoms. The molecule has 0 radical (unpaired) electrons. The van der Waals surface area contributed by atoms with Crippen molar-refractivity contribution in [3.63, 3.8) is 0 Å². The summed E-state index contributed by atoms with van der Waals surface area (Å²) < 4.78 is 130. The Bertz CT molecular complexity index is 521. The highest BCUT2D eigenvalue weighted by atomic mass is 32.3. The van der Waals surface area contributed by atoms with Gasteiger partial charge in [0.25, 0.3) is 0 Å². The number of nitrogens with zero attached hydrogens (tertiary/aromatic N) is 1. The normalized spacial score (nSPS) is 14.1. The van der Waals surface area contributed by atoms with Crippen molar-refractivity contribution in [3.05, 3.63) is 0 Å². The summed E-state index contributed by atoms with van der Waals surface area (Å²) in [6.45, 7) is 11.2. The van der Waals surface area contributed by atoms with Crippen molar-refractivity contribution in [3.8, 4) is 0 Å². The molecule has 0 unspecified atom stereocenters. The average molecular weight is 441 g/mol. The van der Waals surface area contributed by atoms with Gasteiger partial charge in [-0.3, -0.25) is 4.18 Å². The molecule has 0 fully saturated rings. The number of halogens is 8. The maximum absolute atomic E-state index is 12.5. The van der Waals surface area contributed by atoms with E-state index in [0.717, 1.165) is 0 Å². The molecule has 0 aliphatic heterocycles. The second-order valence-electron chi connectivity index (χ2n) is 5.48. The Labute approximate surface area is 152 Å². The number of quaternary nitrogens is 1. The van der Waals surface area contributed by atoms with Gasteiger partial charge in [0.05, 0.1) is 26.2 Å². The highest BCUT2D eigenvalue weighted by Gasteiger charge is 2.75. The van der Waals surface area contributed by atoms with Crippen LogP contribution >= 0.6 is 0 Å². The molecular formula is C13H23F8NO4S. The van der Waals surface area contributed by atoms with Crippen LogP contribution in [-0.4, -0.2) is 74.4 Å². The maximum atomic E-state index is 12.5. The van der Waals surface area contributed by atoms with Gasteiger partial charge in [0.1, 0.15) is 6.61 Å². The van der Waals surface area contributed by atoms with Crippen LogP contribution in [-0.2, 0) is 14.6 Å². The molecule has 0 rings (SSSR count). The quantitative estimate of drug-likeness (QED) is 0.225. The average Bonchev–Trinajstić information content (AvgIpc) is 2.55.